The van der Waals surface area contributed by atoms with Gasteiger partial charge in [0.05, 0.1) is 0 Å². The molecule has 3 nitrogen and oxygen atoms in total. The largest absolute Gasteiger partial charge is 0.335 e. The number of carbonyl (C=O) groups excluding carboxylic acids is 1. The summed E-state index contributed by atoms with van der Waals surface area (Å²) in [5.41, 5.74) is 3.12. The normalized spacial score (nSPS) is 17.7. The molecule has 1 fully saturated rings. The Labute approximate surface area is 165 Å². The van der Waals surface area contributed by atoms with Crippen LogP contribution in [0, 0.1) is 5.82 Å². The molecule has 0 radical (unpaired) electrons. The molecule has 142 valence electrons. The fourth-order valence-electron chi connectivity index (χ4n) is 3.77. The molecule has 1 unspecified atom stereocenters. The maximum Gasteiger partial charge on any atom is 0.244 e. The van der Waals surface area contributed by atoms with Gasteiger partial charge in [-0.2, -0.15) is 0 Å². The smallest absolute Gasteiger partial charge is 0.244 e. The lowest BCUT2D eigenvalue weighted by molar-refractivity contribution is -0.143. The van der Waals surface area contributed by atoms with E-state index in [9.17, 15) is 9.18 Å². The molecule has 0 aliphatic carbocycles. The van der Waals surface area contributed by atoms with Crippen molar-refractivity contribution in [3.8, 4) is 0 Å². The van der Waals surface area contributed by atoms with Crippen molar-refractivity contribution in [3.63, 3.8) is 0 Å². The van der Waals surface area contributed by atoms with Crippen LogP contribution in [-0.2, 0) is 17.9 Å². The van der Waals surface area contributed by atoms with E-state index in [1.807, 2.05) is 53.4 Å². The number of amides is 1. The highest BCUT2D eigenvalue weighted by molar-refractivity contribution is 5.84. The maximum absolute atomic E-state index is 13.5. The quantitative estimate of drug-likeness (QED) is 0.660. The Morgan fingerprint density at radius 1 is 0.750 bits per heavy atom. The van der Waals surface area contributed by atoms with Gasteiger partial charge in [0.2, 0.25) is 5.91 Å². The summed E-state index contributed by atoms with van der Waals surface area (Å²) in [6.07, 6.45) is 0. The summed E-state index contributed by atoms with van der Waals surface area (Å²) in [7, 11) is 0. The third-order valence-corrected chi connectivity index (χ3v) is 5.20. The first-order valence-electron chi connectivity index (χ1n) is 9.57. The second-order valence-electron chi connectivity index (χ2n) is 7.16. The van der Waals surface area contributed by atoms with Crippen LogP contribution in [0.2, 0.25) is 0 Å². The predicted octanol–water partition coefficient (Wildman–Crippen LogP) is 4.41. The van der Waals surface area contributed by atoms with Gasteiger partial charge in [0.25, 0.3) is 0 Å². The van der Waals surface area contributed by atoms with Gasteiger partial charge in [0.1, 0.15) is 11.9 Å². The molecular weight excluding hydrogens is 351 g/mol. The number of piperazine rings is 1. The fraction of sp³-hybridized carbons (Fsp3) is 0.208. The van der Waals surface area contributed by atoms with Crippen LogP contribution in [0.5, 0.6) is 0 Å². The van der Waals surface area contributed by atoms with Gasteiger partial charge in [-0.1, -0.05) is 72.8 Å². The summed E-state index contributed by atoms with van der Waals surface area (Å²) < 4.78 is 13.5. The van der Waals surface area contributed by atoms with Gasteiger partial charge in [-0.3, -0.25) is 9.69 Å². The summed E-state index contributed by atoms with van der Waals surface area (Å²) in [4.78, 5) is 17.5. The van der Waals surface area contributed by atoms with E-state index < -0.39 is 6.04 Å². The Bertz CT molecular complexity index is 912. The van der Waals surface area contributed by atoms with Crippen molar-refractivity contribution in [3.05, 3.63) is 107 Å². The highest BCUT2D eigenvalue weighted by Crippen LogP contribution is 2.29. The Morgan fingerprint density at radius 3 is 1.93 bits per heavy atom. The molecule has 4 rings (SSSR count). The lowest BCUT2D eigenvalue weighted by atomic mass is 9.99. The zero-order chi connectivity index (χ0) is 19.3. The molecule has 0 spiro atoms. The van der Waals surface area contributed by atoms with Crippen LogP contribution in [0.15, 0.2) is 84.9 Å². The number of carbonyl (C=O) groups is 1. The average Bonchev–Trinajstić information content (AvgIpc) is 2.73. The van der Waals surface area contributed by atoms with E-state index in [1.165, 1.54) is 17.7 Å². The third-order valence-electron chi connectivity index (χ3n) is 5.20. The van der Waals surface area contributed by atoms with Crippen LogP contribution in [0.1, 0.15) is 22.7 Å². The van der Waals surface area contributed by atoms with Crippen LogP contribution in [0.3, 0.4) is 0 Å². The van der Waals surface area contributed by atoms with Gasteiger partial charge in [-0.15, -0.1) is 0 Å². The minimum atomic E-state index is -0.404. The van der Waals surface area contributed by atoms with Crippen molar-refractivity contribution in [2.24, 2.45) is 0 Å². The van der Waals surface area contributed by atoms with Crippen LogP contribution in [-0.4, -0.2) is 28.8 Å². The molecule has 3 aromatic rings. The van der Waals surface area contributed by atoms with Crippen molar-refractivity contribution in [1.29, 1.82) is 0 Å². The number of benzene rings is 3. The SMILES string of the molecule is O=C1C(c2ccc(F)cc2)N(Cc2ccccc2)CCN1Cc1ccccc1. The van der Waals surface area contributed by atoms with E-state index in [2.05, 4.69) is 17.0 Å². The van der Waals surface area contributed by atoms with E-state index in [4.69, 9.17) is 0 Å². The standard InChI is InChI=1S/C24H23FN2O/c25-22-13-11-21(12-14-22)23-24(28)27(18-20-9-5-2-6-10-20)16-15-26(23)17-19-7-3-1-4-8-19/h1-14,23H,15-18H2. The minimum absolute atomic E-state index is 0.0673. The molecule has 1 aliphatic rings. The van der Waals surface area contributed by atoms with E-state index in [-0.39, 0.29) is 11.7 Å². The zero-order valence-corrected chi connectivity index (χ0v) is 15.7. The Morgan fingerprint density at radius 2 is 1.32 bits per heavy atom. The van der Waals surface area contributed by atoms with Crippen molar-refractivity contribution in [1.82, 2.24) is 9.80 Å². The summed E-state index contributed by atoms with van der Waals surface area (Å²) in [5, 5.41) is 0. The molecule has 1 aliphatic heterocycles. The molecule has 28 heavy (non-hydrogen) atoms. The minimum Gasteiger partial charge on any atom is -0.335 e. The fourth-order valence-corrected chi connectivity index (χ4v) is 3.77. The molecule has 1 saturated heterocycles. The van der Waals surface area contributed by atoms with Gasteiger partial charge < -0.3 is 4.90 Å². The number of hydrogen-bond donors (Lipinski definition) is 0. The highest BCUT2D eigenvalue weighted by atomic mass is 19.1. The average molecular weight is 374 g/mol. The third kappa shape index (κ3) is 4.12. The van der Waals surface area contributed by atoms with E-state index in [0.29, 0.717) is 19.6 Å². The lowest BCUT2D eigenvalue weighted by Crippen LogP contribution is -2.51. The van der Waals surface area contributed by atoms with Crippen LogP contribution < -0.4 is 0 Å². The molecule has 1 amide bonds. The summed E-state index contributed by atoms with van der Waals surface area (Å²) in [6, 6.07) is 26.1. The molecule has 0 saturated carbocycles. The molecule has 0 bridgehead atoms. The van der Waals surface area contributed by atoms with E-state index >= 15 is 0 Å². The van der Waals surface area contributed by atoms with Gasteiger partial charge in [-0.25, -0.2) is 4.39 Å². The Hall–Kier alpha value is -2.98. The van der Waals surface area contributed by atoms with Crippen molar-refractivity contribution >= 4 is 5.91 Å². The molecule has 1 heterocycles. The first kappa shape index (κ1) is 18.4. The molecule has 0 N–H and O–H groups in total. The molecule has 3 aromatic carbocycles. The van der Waals surface area contributed by atoms with Gasteiger partial charge >= 0.3 is 0 Å². The van der Waals surface area contributed by atoms with E-state index in [1.54, 1.807) is 12.1 Å². The predicted molar refractivity (Wildman–Crippen MR) is 108 cm³/mol. The second kappa shape index (κ2) is 8.36. The van der Waals surface area contributed by atoms with Gasteiger partial charge in [0, 0.05) is 26.2 Å². The molecule has 1 atom stereocenters. The van der Waals surface area contributed by atoms with Crippen molar-refractivity contribution < 1.29 is 9.18 Å². The maximum atomic E-state index is 13.5. The second-order valence-corrected chi connectivity index (χ2v) is 7.16. The Balaban J connectivity index is 1.60. The van der Waals surface area contributed by atoms with Gasteiger partial charge in [0.15, 0.2) is 0 Å². The lowest BCUT2D eigenvalue weighted by Gasteiger charge is -2.41. The molecule has 0 aromatic heterocycles. The summed E-state index contributed by atoms with van der Waals surface area (Å²) in [6.45, 7) is 2.73. The first-order chi connectivity index (χ1) is 13.7. The number of nitrogens with zero attached hydrogens (tertiary/aromatic N) is 2. The zero-order valence-electron chi connectivity index (χ0n) is 15.7. The summed E-state index contributed by atoms with van der Waals surface area (Å²) >= 11 is 0. The molecule has 4 heteroatoms. The van der Waals surface area contributed by atoms with Crippen LogP contribution in [0.25, 0.3) is 0 Å². The van der Waals surface area contributed by atoms with Crippen LogP contribution >= 0.6 is 0 Å². The molecular formula is C24H23FN2O. The number of rotatable bonds is 5. The Kier molecular flexibility index (Phi) is 5.49. The number of hydrogen-bond acceptors (Lipinski definition) is 2. The van der Waals surface area contributed by atoms with Crippen molar-refractivity contribution in [2.45, 2.75) is 19.1 Å². The van der Waals surface area contributed by atoms with E-state index in [0.717, 1.165) is 17.7 Å². The summed E-state index contributed by atoms with van der Waals surface area (Å²) in [5.74, 6) is -0.222. The topological polar surface area (TPSA) is 23.6 Å². The van der Waals surface area contributed by atoms with Gasteiger partial charge in [-0.05, 0) is 28.8 Å². The highest BCUT2D eigenvalue weighted by Gasteiger charge is 2.35. The number of halogens is 1. The first-order valence-corrected chi connectivity index (χ1v) is 9.57. The monoisotopic (exact) mass is 374 g/mol. The van der Waals surface area contributed by atoms with Crippen LogP contribution in [0.4, 0.5) is 4.39 Å². The van der Waals surface area contributed by atoms with Crippen molar-refractivity contribution in [2.75, 3.05) is 13.1 Å².